The molecule has 0 saturated heterocycles. The Morgan fingerprint density at radius 2 is 1.88 bits per heavy atom. The number of benzene rings is 2. The lowest BCUT2D eigenvalue weighted by Crippen LogP contribution is -1.94. The smallest absolute Gasteiger partial charge is 0.147 e. The molecule has 2 aromatic carbocycles. The van der Waals surface area contributed by atoms with E-state index in [1.807, 2.05) is 31.2 Å². The second-order valence-corrected chi connectivity index (χ2v) is 4.96. The molecule has 0 aliphatic rings. The van der Waals surface area contributed by atoms with E-state index in [1.54, 1.807) is 11.8 Å². The van der Waals surface area contributed by atoms with Crippen LogP contribution < -0.4 is 5.73 Å². The van der Waals surface area contributed by atoms with Crippen LogP contribution in [0.5, 0.6) is 0 Å². The highest BCUT2D eigenvalue weighted by molar-refractivity contribution is 7.98. The summed E-state index contributed by atoms with van der Waals surface area (Å²) in [6.45, 7) is 1.82. The molecule has 0 aliphatic heterocycles. The van der Waals surface area contributed by atoms with Crippen molar-refractivity contribution in [2.24, 2.45) is 0 Å². The van der Waals surface area contributed by atoms with Crippen LogP contribution in [-0.4, -0.2) is 0 Å². The van der Waals surface area contributed by atoms with E-state index in [0.29, 0.717) is 0 Å². The van der Waals surface area contributed by atoms with Crippen molar-refractivity contribution in [3.63, 3.8) is 0 Å². The summed E-state index contributed by atoms with van der Waals surface area (Å²) in [5.74, 6) is 0.504. The number of hydrogen-bond donors (Lipinski definition) is 1. The minimum Gasteiger partial charge on any atom is -0.396 e. The number of nitrogens with two attached hydrogens (primary N) is 1. The van der Waals surface area contributed by atoms with E-state index in [-0.39, 0.29) is 11.5 Å². The Hall–Kier alpha value is -1.48. The minimum absolute atomic E-state index is 0.245. The maximum atomic E-state index is 13.4. The minimum atomic E-state index is -0.333. The molecular weight excluding hydrogens is 233 g/mol. The average molecular weight is 247 g/mol. The number of aryl methyl sites for hydroxylation is 1. The van der Waals surface area contributed by atoms with Gasteiger partial charge in [0, 0.05) is 10.6 Å². The van der Waals surface area contributed by atoms with Crippen molar-refractivity contribution in [2.75, 3.05) is 5.73 Å². The van der Waals surface area contributed by atoms with Gasteiger partial charge in [0.25, 0.3) is 0 Å². The lowest BCUT2D eigenvalue weighted by atomic mass is 10.2. The summed E-state index contributed by atoms with van der Waals surface area (Å²) >= 11 is 1.61. The van der Waals surface area contributed by atoms with E-state index in [0.717, 1.165) is 16.2 Å². The Morgan fingerprint density at radius 3 is 2.53 bits per heavy atom. The molecule has 2 aromatic rings. The first-order valence-electron chi connectivity index (χ1n) is 5.39. The Labute approximate surface area is 105 Å². The molecule has 0 aliphatic carbocycles. The van der Waals surface area contributed by atoms with Crippen LogP contribution in [0.3, 0.4) is 0 Å². The zero-order valence-electron chi connectivity index (χ0n) is 9.61. The van der Waals surface area contributed by atoms with Crippen LogP contribution in [0.4, 0.5) is 10.1 Å². The molecule has 0 saturated carbocycles. The lowest BCUT2D eigenvalue weighted by molar-refractivity contribution is 0.628. The van der Waals surface area contributed by atoms with Gasteiger partial charge in [0.05, 0.1) is 5.69 Å². The molecule has 0 radical (unpaired) electrons. The molecule has 0 aromatic heterocycles. The highest BCUT2D eigenvalue weighted by atomic mass is 32.2. The fraction of sp³-hybridized carbons (Fsp3) is 0.143. The van der Waals surface area contributed by atoms with Crippen LogP contribution in [0.25, 0.3) is 0 Å². The molecule has 0 spiro atoms. The van der Waals surface area contributed by atoms with Crippen molar-refractivity contribution in [1.82, 2.24) is 0 Å². The van der Waals surface area contributed by atoms with E-state index in [9.17, 15) is 4.39 Å². The first-order valence-corrected chi connectivity index (χ1v) is 6.37. The number of thioether (sulfide) groups is 1. The number of halogens is 1. The quantitative estimate of drug-likeness (QED) is 0.655. The van der Waals surface area contributed by atoms with Gasteiger partial charge in [-0.05, 0) is 30.2 Å². The number of anilines is 1. The summed E-state index contributed by atoms with van der Waals surface area (Å²) in [6, 6.07) is 13.5. The van der Waals surface area contributed by atoms with Gasteiger partial charge in [-0.1, -0.05) is 30.3 Å². The molecule has 0 fully saturated rings. The third-order valence-corrected chi connectivity index (χ3v) is 3.60. The Kier molecular flexibility index (Phi) is 3.69. The SMILES string of the molecule is Cc1cc(SCc2ccccc2)cc(F)c1N. The van der Waals surface area contributed by atoms with Gasteiger partial charge in [-0.25, -0.2) is 4.39 Å². The Balaban J connectivity index is 2.10. The summed E-state index contributed by atoms with van der Waals surface area (Å²) in [7, 11) is 0. The fourth-order valence-electron chi connectivity index (χ4n) is 1.55. The molecule has 0 unspecified atom stereocenters. The summed E-state index contributed by atoms with van der Waals surface area (Å²) < 4.78 is 13.4. The van der Waals surface area contributed by atoms with E-state index >= 15 is 0 Å². The molecule has 0 bridgehead atoms. The van der Waals surface area contributed by atoms with E-state index in [1.165, 1.54) is 11.6 Å². The molecule has 88 valence electrons. The highest BCUT2D eigenvalue weighted by Crippen LogP contribution is 2.27. The van der Waals surface area contributed by atoms with Gasteiger partial charge in [0.2, 0.25) is 0 Å². The van der Waals surface area contributed by atoms with Crippen LogP contribution >= 0.6 is 11.8 Å². The van der Waals surface area contributed by atoms with Crippen molar-refractivity contribution in [1.29, 1.82) is 0 Å². The molecule has 1 nitrogen and oxygen atoms in total. The van der Waals surface area contributed by atoms with Crippen LogP contribution in [0.2, 0.25) is 0 Å². The van der Waals surface area contributed by atoms with Gasteiger partial charge in [-0.2, -0.15) is 0 Å². The largest absolute Gasteiger partial charge is 0.396 e. The average Bonchev–Trinajstić information content (AvgIpc) is 2.34. The predicted octanol–water partition coefficient (Wildman–Crippen LogP) is 4.01. The maximum Gasteiger partial charge on any atom is 0.147 e. The van der Waals surface area contributed by atoms with E-state index in [2.05, 4.69) is 12.1 Å². The zero-order valence-corrected chi connectivity index (χ0v) is 10.4. The van der Waals surface area contributed by atoms with E-state index in [4.69, 9.17) is 5.73 Å². The second kappa shape index (κ2) is 5.23. The number of hydrogen-bond acceptors (Lipinski definition) is 2. The van der Waals surface area contributed by atoms with Gasteiger partial charge < -0.3 is 5.73 Å². The number of rotatable bonds is 3. The summed E-state index contributed by atoms with van der Waals surface area (Å²) in [6.07, 6.45) is 0. The molecule has 17 heavy (non-hydrogen) atoms. The van der Waals surface area contributed by atoms with Crippen molar-refractivity contribution >= 4 is 17.4 Å². The van der Waals surface area contributed by atoms with Crippen LogP contribution in [-0.2, 0) is 5.75 Å². The fourth-order valence-corrected chi connectivity index (χ4v) is 2.52. The molecule has 0 amide bonds. The first kappa shape index (κ1) is 12.0. The van der Waals surface area contributed by atoms with Crippen molar-refractivity contribution in [3.05, 3.63) is 59.4 Å². The van der Waals surface area contributed by atoms with Gasteiger partial charge >= 0.3 is 0 Å². The molecule has 0 heterocycles. The third kappa shape index (κ3) is 3.01. The second-order valence-electron chi connectivity index (χ2n) is 3.91. The maximum absolute atomic E-state index is 13.4. The monoisotopic (exact) mass is 247 g/mol. The first-order chi connectivity index (χ1) is 8.16. The highest BCUT2D eigenvalue weighted by Gasteiger charge is 2.05. The normalized spacial score (nSPS) is 10.5. The standard InChI is InChI=1S/C14H14FNS/c1-10-7-12(8-13(15)14(10)16)17-9-11-5-3-2-4-6-11/h2-8H,9,16H2,1H3. The summed E-state index contributed by atoms with van der Waals surface area (Å²) in [5.41, 5.74) is 7.84. The molecule has 2 N–H and O–H groups in total. The van der Waals surface area contributed by atoms with Crippen molar-refractivity contribution < 1.29 is 4.39 Å². The Bertz CT molecular complexity index is 488. The van der Waals surface area contributed by atoms with Gasteiger partial charge in [0.1, 0.15) is 5.82 Å². The van der Waals surface area contributed by atoms with Crippen LogP contribution in [0.1, 0.15) is 11.1 Å². The molecule has 3 heteroatoms. The van der Waals surface area contributed by atoms with Gasteiger partial charge in [-0.3, -0.25) is 0 Å². The lowest BCUT2D eigenvalue weighted by Gasteiger charge is -2.06. The summed E-state index contributed by atoms with van der Waals surface area (Å²) in [4.78, 5) is 0.915. The topological polar surface area (TPSA) is 26.0 Å². The Morgan fingerprint density at radius 1 is 1.18 bits per heavy atom. The predicted molar refractivity (Wildman–Crippen MR) is 71.6 cm³/mol. The third-order valence-electron chi connectivity index (χ3n) is 2.56. The zero-order chi connectivity index (χ0) is 12.3. The molecule has 0 atom stereocenters. The van der Waals surface area contributed by atoms with E-state index < -0.39 is 0 Å². The summed E-state index contributed by atoms with van der Waals surface area (Å²) in [5, 5.41) is 0. The number of nitrogen functional groups attached to an aromatic ring is 1. The van der Waals surface area contributed by atoms with Crippen LogP contribution in [0.15, 0.2) is 47.4 Å². The molecular formula is C14H14FNS. The van der Waals surface area contributed by atoms with Crippen molar-refractivity contribution in [2.45, 2.75) is 17.6 Å². The van der Waals surface area contributed by atoms with Gasteiger partial charge in [0.15, 0.2) is 0 Å². The molecule has 2 rings (SSSR count). The van der Waals surface area contributed by atoms with Crippen LogP contribution in [0, 0.1) is 12.7 Å². The van der Waals surface area contributed by atoms with Gasteiger partial charge in [-0.15, -0.1) is 11.8 Å². The van der Waals surface area contributed by atoms with Crippen molar-refractivity contribution in [3.8, 4) is 0 Å².